The topological polar surface area (TPSA) is 176 Å². The van der Waals surface area contributed by atoms with E-state index in [1.54, 1.807) is 25.5 Å². The van der Waals surface area contributed by atoms with Gasteiger partial charge in [0, 0.05) is 20.9 Å². The Balaban J connectivity index is 0.000000358. The average Bonchev–Trinajstić information content (AvgIpc) is 3.07. The van der Waals surface area contributed by atoms with Crippen LogP contribution in [0.3, 0.4) is 0 Å². The summed E-state index contributed by atoms with van der Waals surface area (Å²) in [6, 6.07) is 0. The Morgan fingerprint density at radius 3 is 1.92 bits per heavy atom. The Bertz CT molecular complexity index is 806. The van der Waals surface area contributed by atoms with Crippen molar-refractivity contribution >= 4 is 21.8 Å². The molecule has 0 aromatic carbocycles. The molecule has 0 amide bonds. The van der Waals surface area contributed by atoms with Crippen LogP contribution >= 0.6 is 0 Å². The van der Waals surface area contributed by atoms with Crippen LogP contribution in [0.4, 0.5) is 11.6 Å². The van der Waals surface area contributed by atoms with Crippen LogP contribution in [0.5, 0.6) is 0 Å². The third-order valence-corrected chi connectivity index (χ3v) is 3.08. The minimum Gasteiger partial charge on any atom is -0.358 e. The molecule has 0 fully saturated rings. The summed E-state index contributed by atoms with van der Waals surface area (Å²) in [7, 11) is -0.324. The lowest BCUT2D eigenvalue weighted by Crippen LogP contribution is -1.95. The SMILES string of the molecule is COS(C)(=O)=O.Cc1nc([N+](=O)[O-])cn1C.Cc1ncc([N+](=O)[O-])[nH]1. The van der Waals surface area contributed by atoms with Crippen LogP contribution in [-0.2, 0) is 21.3 Å². The van der Waals surface area contributed by atoms with Crippen LogP contribution in [0.1, 0.15) is 11.6 Å². The predicted molar refractivity (Wildman–Crippen MR) is 86.4 cm³/mol. The van der Waals surface area contributed by atoms with Crippen molar-refractivity contribution in [1.29, 1.82) is 0 Å². The molecular formula is C11H18N6O7S. The van der Waals surface area contributed by atoms with Crippen molar-refractivity contribution in [2.75, 3.05) is 13.4 Å². The lowest BCUT2D eigenvalue weighted by atomic mass is 10.7. The lowest BCUT2D eigenvalue weighted by Gasteiger charge is -1.84. The average molecular weight is 378 g/mol. The lowest BCUT2D eigenvalue weighted by molar-refractivity contribution is -0.389. The standard InChI is InChI=1S/C5H7N3O2.C4H5N3O2.C2H6O3S/c1-4-6-5(8(9)10)3-7(4)2;1-3-5-2-4(6-3)7(8)9;1-5-6(2,3)4/h3H,1-2H3;2H,1H3,(H,5,6);1-2H3. The van der Waals surface area contributed by atoms with E-state index in [-0.39, 0.29) is 11.6 Å². The Hall–Kier alpha value is -2.87. The summed E-state index contributed by atoms with van der Waals surface area (Å²) in [6.07, 6.45) is 3.57. The molecular weight excluding hydrogens is 360 g/mol. The number of nitrogens with zero attached hydrogens (tertiary/aromatic N) is 5. The highest BCUT2D eigenvalue weighted by molar-refractivity contribution is 7.85. The maximum absolute atomic E-state index is 10.1. The van der Waals surface area contributed by atoms with Gasteiger partial charge in [-0.15, -0.1) is 0 Å². The van der Waals surface area contributed by atoms with Gasteiger partial charge in [0.05, 0.1) is 13.4 Å². The van der Waals surface area contributed by atoms with Gasteiger partial charge in [-0.2, -0.15) is 8.42 Å². The minimum absolute atomic E-state index is 0.0625. The molecule has 25 heavy (non-hydrogen) atoms. The number of hydrogen-bond donors (Lipinski definition) is 1. The highest BCUT2D eigenvalue weighted by Gasteiger charge is 2.11. The number of aromatic nitrogens is 4. The summed E-state index contributed by atoms with van der Waals surface area (Å²) in [5.74, 6) is 1.04. The van der Waals surface area contributed by atoms with E-state index in [0.29, 0.717) is 11.6 Å². The van der Waals surface area contributed by atoms with Gasteiger partial charge in [0.1, 0.15) is 12.4 Å². The Labute approximate surface area is 143 Å². The number of nitro groups is 2. The maximum Gasteiger partial charge on any atom is 0.381 e. The van der Waals surface area contributed by atoms with E-state index in [4.69, 9.17) is 0 Å². The molecule has 0 spiro atoms. The molecule has 0 aliphatic rings. The second-order valence-corrected chi connectivity index (χ2v) is 6.24. The maximum atomic E-state index is 10.1. The third-order valence-electron chi connectivity index (χ3n) is 2.47. The van der Waals surface area contributed by atoms with Crippen molar-refractivity contribution in [1.82, 2.24) is 19.5 Å². The molecule has 140 valence electrons. The molecule has 14 heteroatoms. The van der Waals surface area contributed by atoms with Gasteiger partial charge in [-0.05, 0) is 14.8 Å². The summed E-state index contributed by atoms with van der Waals surface area (Å²) in [5, 5.41) is 20.0. The van der Waals surface area contributed by atoms with Crippen molar-refractivity contribution in [2.24, 2.45) is 7.05 Å². The summed E-state index contributed by atoms with van der Waals surface area (Å²) >= 11 is 0. The smallest absolute Gasteiger partial charge is 0.358 e. The van der Waals surface area contributed by atoms with Crippen molar-refractivity contribution in [2.45, 2.75) is 13.8 Å². The fourth-order valence-corrected chi connectivity index (χ4v) is 1.13. The molecule has 0 atom stereocenters. The van der Waals surface area contributed by atoms with E-state index in [9.17, 15) is 28.6 Å². The second kappa shape index (κ2) is 9.43. The normalized spacial score (nSPS) is 10.1. The zero-order chi connectivity index (χ0) is 19.8. The van der Waals surface area contributed by atoms with E-state index in [1.807, 2.05) is 0 Å². The molecule has 13 nitrogen and oxygen atoms in total. The number of nitrogens with one attached hydrogen (secondary N) is 1. The van der Waals surface area contributed by atoms with Crippen LogP contribution in [0, 0.1) is 34.1 Å². The zero-order valence-corrected chi connectivity index (χ0v) is 15.0. The van der Waals surface area contributed by atoms with Gasteiger partial charge in [0.2, 0.25) is 5.82 Å². The first kappa shape index (κ1) is 22.1. The number of aryl methyl sites for hydroxylation is 3. The van der Waals surface area contributed by atoms with Crippen molar-refractivity contribution in [3.63, 3.8) is 0 Å². The molecule has 0 radical (unpaired) electrons. The number of aromatic amines is 1. The number of rotatable bonds is 3. The first-order valence-electron chi connectivity index (χ1n) is 6.43. The molecule has 0 aliphatic heterocycles. The van der Waals surface area contributed by atoms with E-state index >= 15 is 0 Å². The van der Waals surface area contributed by atoms with Gasteiger partial charge in [-0.1, -0.05) is 0 Å². The molecule has 1 N–H and O–H groups in total. The molecule has 2 heterocycles. The monoisotopic (exact) mass is 378 g/mol. The van der Waals surface area contributed by atoms with Gasteiger partial charge in [-0.3, -0.25) is 4.18 Å². The molecule has 2 rings (SSSR count). The summed E-state index contributed by atoms with van der Waals surface area (Å²) in [6.45, 7) is 3.38. The van der Waals surface area contributed by atoms with Gasteiger partial charge < -0.3 is 24.8 Å². The van der Waals surface area contributed by atoms with Gasteiger partial charge >= 0.3 is 11.6 Å². The van der Waals surface area contributed by atoms with E-state index in [2.05, 4.69) is 19.1 Å². The summed E-state index contributed by atoms with van der Waals surface area (Å²) in [5.41, 5.74) is 0. The quantitative estimate of drug-likeness (QED) is 0.461. The molecule has 0 unspecified atom stereocenters. The first-order valence-corrected chi connectivity index (χ1v) is 8.25. The summed E-state index contributed by atoms with van der Waals surface area (Å²) < 4.78 is 25.1. The summed E-state index contributed by atoms with van der Waals surface area (Å²) in [4.78, 5) is 28.8. The van der Waals surface area contributed by atoms with Gasteiger partial charge in [-0.25, -0.2) is 9.97 Å². The molecule has 0 saturated heterocycles. The van der Waals surface area contributed by atoms with Crippen LogP contribution in [0.2, 0.25) is 0 Å². The van der Waals surface area contributed by atoms with Crippen molar-refractivity contribution in [3.05, 3.63) is 44.3 Å². The number of H-pyrrole nitrogens is 1. The van der Waals surface area contributed by atoms with Gasteiger partial charge in [0.25, 0.3) is 10.1 Å². The third kappa shape index (κ3) is 9.11. The molecule has 0 saturated carbocycles. The van der Waals surface area contributed by atoms with Crippen LogP contribution in [-0.4, -0.2) is 51.1 Å². The minimum atomic E-state index is -3.16. The van der Waals surface area contributed by atoms with Crippen LogP contribution in [0.25, 0.3) is 0 Å². The highest BCUT2D eigenvalue weighted by Crippen LogP contribution is 2.07. The van der Waals surface area contributed by atoms with E-state index < -0.39 is 20.0 Å². The second-order valence-electron chi connectivity index (χ2n) is 4.50. The Morgan fingerprint density at radius 2 is 1.76 bits per heavy atom. The fraction of sp³-hybridized carbons (Fsp3) is 0.455. The zero-order valence-electron chi connectivity index (χ0n) is 14.2. The Kier molecular flexibility index (Phi) is 8.35. The predicted octanol–water partition coefficient (Wildman–Crippen LogP) is 0.855. The molecule has 2 aromatic rings. The largest absolute Gasteiger partial charge is 0.381 e. The Morgan fingerprint density at radius 1 is 1.24 bits per heavy atom. The highest BCUT2D eigenvalue weighted by atomic mass is 32.2. The molecule has 2 aromatic heterocycles. The van der Waals surface area contributed by atoms with Gasteiger partial charge in [0.15, 0.2) is 5.82 Å². The number of imidazole rings is 2. The fourth-order valence-electron chi connectivity index (χ4n) is 1.13. The van der Waals surface area contributed by atoms with E-state index in [0.717, 1.165) is 13.4 Å². The van der Waals surface area contributed by atoms with E-state index in [1.165, 1.54) is 12.4 Å². The first-order chi connectivity index (χ1) is 11.4. The van der Waals surface area contributed by atoms with Crippen LogP contribution in [0.15, 0.2) is 12.4 Å². The van der Waals surface area contributed by atoms with Crippen molar-refractivity contribution < 1.29 is 22.4 Å². The molecule has 0 aliphatic carbocycles. The number of hydrogen-bond acceptors (Lipinski definition) is 9. The molecule has 0 bridgehead atoms. The van der Waals surface area contributed by atoms with Crippen LogP contribution < -0.4 is 0 Å². The van der Waals surface area contributed by atoms with Crippen molar-refractivity contribution in [3.8, 4) is 0 Å².